The van der Waals surface area contributed by atoms with Gasteiger partial charge >= 0.3 is 6.61 Å². The molecule has 0 fully saturated rings. The first-order valence-electron chi connectivity index (χ1n) is 9.99. The molecule has 13 heteroatoms. The zero-order chi connectivity index (χ0) is 23.7. The van der Waals surface area contributed by atoms with Gasteiger partial charge in [-0.3, -0.25) is 0 Å². The minimum atomic E-state index is -4.35. The Labute approximate surface area is 185 Å². The van der Waals surface area contributed by atoms with Crippen LogP contribution in [0.2, 0.25) is 0 Å². The molecular weight excluding hydrogens is 451 g/mol. The van der Waals surface area contributed by atoms with Gasteiger partial charge in [0.25, 0.3) is 0 Å². The number of hydrogen-bond acceptors (Lipinski definition) is 9. The van der Waals surface area contributed by atoms with Crippen molar-refractivity contribution >= 4 is 32.9 Å². The SMILES string of the molecule is CCOc1cc(N=Nc2cc(CC)on2)c(N=S(=O)(CF)OC(F)F)cc1N(CC)CC. The van der Waals surface area contributed by atoms with Gasteiger partial charge in [0.05, 0.1) is 12.3 Å². The first kappa shape index (κ1) is 25.6. The van der Waals surface area contributed by atoms with Crippen LogP contribution >= 0.6 is 0 Å². The lowest BCUT2D eigenvalue weighted by Gasteiger charge is -2.24. The van der Waals surface area contributed by atoms with E-state index in [-0.39, 0.29) is 17.2 Å². The molecule has 0 amide bonds. The molecule has 0 radical (unpaired) electrons. The lowest BCUT2D eigenvalue weighted by molar-refractivity contribution is -0.0421. The number of aryl methyl sites for hydroxylation is 1. The molecule has 0 aliphatic rings. The summed E-state index contributed by atoms with van der Waals surface area (Å²) in [4.78, 5) is 1.90. The number of nitrogens with zero attached hydrogens (tertiary/aromatic N) is 5. The van der Waals surface area contributed by atoms with Crippen molar-refractivity contribution in [3.05, 3.63) is 24.0 Å². The number of rotatable bonds is 12. The van der Waals surface area contributed by atoms with Crippen molar-refractivity contribution in [2.75, 3.05) is 30.6 Å². The maximum absolute atomic E-state index is 13.4. The van der Waals surface area contributed by atoms with Crippen molar-refractivity contribution in [3.8, 4) is 5.75 Å². The molecule has 9 nitrogen and oxygen atoms in total. The molecule has 0 saturated carbocycles. The number of anilines is 1. The van der Waals surface area contributed by atoms with Crippen LogP contribution < -0.4 is 9.64 Å². The second kappa shape index (κ2) is 11.8. The van der Waals surface area contributed by atoms with Crippen LogP contribution in [0.4, 0.5) is 36.1 Å². The van der Waals surface area contributed by atoms with Gasteiger partial charge < -0.3 is 14.2 Å². The van der Waals surface area contributed by atoms with E-state index in [1.807, 2.05) is 25.7 Å². The third-order valence-corrected chi connectivity index (χ3v) is 5.41. The third-order valence-electron chi connectivity index (χ3n) is 4.21. The minimum Gasteiger partial charge on any atom is -0.492 e. The molecule has 0 aliphatic heterocycles. The van der Waals surface area contributed by atoms with Gasteiger partial charge in [0.15, 0.2) is 6.01 Å². The Morgan fingerprint density at radius 3 is 2.38 bits per heavy atom. The second-order valence-corrected chi connectivity index (χ2v) is 8.02. The van der Waals surface area contributed by atoms with E-state index in [2.05, 4.69) is 23.9 Å². The van der Waals surface area contributed by atoms with Gasteiger partial charge in [-0.2, -0.15) is 13.1 Å². The standard InChI is InChI=1S/C19H26F3N5O4S/c1-5-13-9-18(25-30-13)24-23-14-11-17(29-8-4)16(27(6-2)7-3)10-15(14)26-32(28,12-20)31-19(21)22/h9-11,19H,5-8,12H2,1-4H3. The largest absolute Gasteiger partial charge is 0.492 e. The number of alkyl halides is 3. The van der Waals surface area contributed by atoms with Crippen molar-refractivity contribution in [1.82, 2.24) is 5.16 Å². The van der Waals surface area contributed by atoms with E-state index in [1.54, 1.807) is 13.0 Å². The molecule has 2 rings (SSSR count). The zero-order valence-electron chi connectivity index (χ0n) is 18.3. The van der Waals surface area contributed by atoms with E-state index in [1.165, 1.54) is 12.1 Å². The second-order valence-electron chi connectivity index (χ2n) is 6.26. The van der Waals surface area contributed by atoms with Crippen molar-refractivity contribution < 1.29 is 30.8 Å². The fraction of sp³-hybridized carbons (Fsp3) is 0.526. The normalized spacial score (nSPS) is 13.5. The van der Waals surface area contributed by atoms with E-state index in [9.17, 15) is 17.4 Å². The fourth-order valence-corrected chi connectivity index (χ4v) is 3.55. The van der Waals surface area contributed by atoms with Crippen LogP contribution in [0, 0.1) is 0 Å². The fourth-order valence-electron chi connectivity index (χ4n) is 2.74. The number of benzene rings is 1. The number of hydrogen-bond donors (Lipinski definition) is 0. The summed E-state index contributed by atoms with van der Waals surface area (Å²) >= 11 is 0. The van der Waals surface area contributed by atoms with Gasteiger partial charge in [-0.1, -0.05) is 12.1 Å². The summed E-state index contributed by atoms with van der Waals surface area (Å²) in [7, 11) is -4.35. The summed E-state index contributed by atoms with van der Waals surface area (Å²) in [5.41, 5.74) is 0.396. The minimum absolute atomic E-state index is 0.00412. The lowest BCUT2D eigenvalue weighted by Crippen LogP contribution is -2.22. The molecule has 1 aromatic heterocycles. The third kappa shape index (κ3) is 6.66. The smallest absolute Gasteiger partial charge is 0.357 e. The van der Waals surface area contributed by atoms with Crippen LogP contribution in [0.1, 0.15) is 33.5 Å². The van der Waals surface area contributed by atoms with E-state index in [0.29, 0.717) is 43.3 Å². The maximum Gasteiger partial charge on any atom is 0.357 e. The van der Waals surface area contributed by atoms with Crippen molar-refractivity contribution in [1.29, 1.82) is 0 Å². The number of ether oxygens (including phenoxy) is 1. The summed E-state index contributed by atoms with van der Waals surface area (Å²) in [6.07, 6.45) is 0.597. The topological polar surface area (TPSA) is 102 Å². The van der Waals surface area contributed by atoms with Gasteiger partial charge in [0.1, 0.15) is 22.9 Å². The van der Waals surface area contributed by atoms with Gasteiger partial charge in [-0.25, -0.2) is 12.8 Å². The van der Waals surface area contributed by atoms with E-state index in [4.69, 9.17) is 9.26 Å². The number of azo groups is 1. The lowest BCUT2D eigenvalue weighted by atomic mass is 10.2. The molecule has 0 N–H and O–H groups in total. The first-order valence-corrected chi connectivity index (χ1v) is 11.6. The quantitative estimate of drug-likeness (QED) is 0.343. The van der Waals surface area contributed by atoms with Gasteiger partial charge in [-0.05, 0) is 26.8 Å². The maximum atomic E-state index is 13.4. The number of aromatic nitrogens is 1. The Hall–Kier alpha value is -2.67. The molecule has 1 aromatic carbocycles. The van der Waals surface area contributed by atoms with E-state index < -0.39 is 22.6 Å². The Balaban J connectivity index is 2.69. The molecule has 32 heavy (non-hydrogen) atoms. The molecule has 1 atom stereocenters. The summed E-state index contributed by atoms with van der Waals surface area (Å²) < 4.78 is 69.6. The number of halogens is 3. The van der Waals surface area contributed by atoms with E-state index in [0.717, 1.165) is 0 Å². The van der Waals surface area contributed by atoms with Crippen LogP contribution in [0.3, 0.4) is 0 Å². The average Bonchev–Trinajstić information content (AvgIpc) is 3.23. The first-order chi connectivity index (χ1) is 15.3. The van der Waals surface area contributed by atoms with E-state index >= 15 is 0 Å². The molecule has 0 aliphatic carbocycles. The molecule has 1 unspecified atom stereocenters. The van der Waals surface area contributed by atoms with Crippen LogP contribution in [-0.4, -0.2) is 41.7 Å². The molecule has 2 aromatic rings. The Morgan fingerprint density at radius 2 is 1.84 bits per heavy atom. The molecular formula is C19H26F3N5O4S. The van der Waals surface area contributed by atoms with Gasteiger partial charge in [-0.15, -0.1) is 10.2 Å². The molecule has 0 spiro atoms. The van der Waals surface area contributed by atoms with Crippen LogP contribution in [0.5, 0.6) is 5.75 Å². The zero-order valence-corrected chi connectivity index (χ0v) is 19.1. The summed E-state index contributed by atoms with van der Waals surface area (Å²) in [5, 5.41) is 11.7. The van der Waals surface area contributed by atoms with Crippen LogP contribution in [0.25, 0.3) is 0 Å². The predicted molar refractivity (Wildman–Crippen MR) is 115 cm³/mol. The van der Waals surface area contributed by atoms with Crippen LogP contribution in [-0.2, 0) is 20.6 Å². The highest BCUT2D eigenvalue weighted by Gasteiger charge is 2.21. The summed E-state index contributed by atoms with van der Waals surface area (Å²) in [6.45, 7) is 5.51. The average molecular weight is 478 g/mol. The monoisotopic (exact) mass is 477 g/mol. The molecule has 0 bridgehead atoms. The highest BCUT2D eigenvalue weighted by Crippen LogP contribution is 2.42. The Kier molecular flexibility index (Phi) is 9.44. The summed E-state index contributed by atoms with van der Waals surface area (Å²) in [6, 6.07) is 2.72. The molecule has 178 valence electrons. The highest BCUT2D eigenvalue weighted by atomic mass is 32.2. The molecule has 1 heterocycles. The highest BCUT2D eigenvalue weighted by molar-refractivity contribution is 7.89. The van der Waals surface area contributed by atoms with Gasteiger partial charge in [0, 0.05) is 31.6 Å². The van der Waals surface area contributed by atoms with Crippen molar-refractivity contribution in [2.24, 2.45) is 14.6 Å². The summed E-state index contributed by atoms with van der Waals surface area (Å²) in [5.74, 6) is 1.16. The van der Waals surface area contributed by atoms with Crippen molar-refractivity contribution in [2.45, 2.75) is 40.7 Å². The van der Waals surface area contributed by atoms with Crippen molar-refractivity contribution in [3.63, 3.8) is 0 Å². The Bertz CT molecular complexity index is 1030. The molecule has 0 saturated heterocycles. The Morgan fingerprint density at radius 1 is 1.12 bits per heavy atom. The van der Waals surface area contributed by atoms with Gasteiger partial charge in [0.2, 0.25) is 15.8 Å². The predicted octanol–water partition coefficient (Wildman–Crippen LogP) is 6.08. The van der Waals surface area contributed by atoms with Crippen LogP contribution in [0.15, 0.2) is 37.3 Å².